The number of hydrogen-bond donors (Lipinski definition) is 2. The second-order valence-corrected chi connectivity index (χ2v) is 15.3. The van der Waals surface area contributed by atoms with Crippen LogP contribution in [0.5, 0.6) is 0 Å². The van der Waals surface area contributed by atoms with E-state index >= 15 is 0 Å². The summed E-state index contributed by atoms with van der Waals surface area (Å²) < 4.78 is 64.1. The van der Waals surface area contributed by atoms with E-state index in [0.717, 1.165) is 38.5 Å². The largest absolute Gasteiger partial charge is 1.00 e. The Morgan fingerprint density at radius 1 is 0.917 bits per heavy atom. The van der Waals surface area contributed by atoms with Gasteiger partial charge in [-0.1, -0.05) is 32.4 Å². The van der Waals surface area contributed by atoms with Crippen LogP contribution in [0.3, 0.4) is 0 Å². The van der Waals surface area contributed by atoms with Gasteiger partial charge < -0.3 is 39.5 Å². The number of nitrogens with two attached hydrogens (primary N) is 1. The maximum Gasteiger partial charge on any atom is 1.00 e. The van der Waals surface area contributed by atoms with Crippen LogP contribution >= 0.6 is 0 Å². The standard InChI is InChI=1S/C34H60N2O10S.Na/c1-25(32(37)36-13-15-42-17-19-44-21-23-45-22-20-43-18-16-41-14-12-35)29-6-7-30-28-5-4-26-24-27(46-47(38,39)40)8-10-33(26,2)31(28)9-11-34(29,30)3;/h4,25,27-31H,5-24,35H2,1-3H3,(H,36,37)(H,38,39,40);/q;+1/p-1/t25-,27-,28-,29+,30-,31-,33-,34+;/m0./s1. The average Bonchev–Trinajstić information content (AvgIpc) is 3.38. The summed E-state index contributed by atoms with van der Waals surface area (Å²) in [6.07, 6.45) is 9.31. The van der Waals surface area contributed by atoms with Crippen molar-refractivity contribution in [2.75, 3.05) is 79.2 Å². The zero-order chi connectivity index (χ0) is 33.9. The van der Waals surface area contributed by atoms with Gasteiger partial charge in [0.25, 0.3) is 0 Å². The Morgan fingerprint density at radius 3 is 2.08 bits per heavy atom. The summed E-state index contributed by atoms with van der Waals surface area (Å²) >= 11 is 0. The van der Waals surface area contributed by atoms with Crippen LogP contribution in [0.25, 0.3) is 0 Å². The topological polar surface area (TPSA) is 171 Å². The Kier molecular flexibility index (Phi) is 17.8. The van der Waals surface area contributed by atoms with Gasteiger partial charge in [-0.2, -0.15) is 8.42 Å². The fraction of sp³-hybridized carbons (Fsp3) is 0.912. The molecular weight excluding hydrogens is 651 g/mol. The molecule has 0 aromatic heterocycles. The molecule has 0 heterocycles. The molecule has 48 heavy (non-hydrogen) atoms. The minimum Gasteiger partial charge on any atom is -0.862 e. The van der Waals surface area contributed by atoms with Crippen LogP contribution in [0, 0.1) is 40.4 Å². The van der Waals surface area contributed by atoms with E-state index in [0.29, 0.717) is 116 Å². The molecule has 0 unspecified atom stereocenters. The molecule has 3 fully saturated rings. The number of hydrogen-bond acceptors (Lipinski definition) is 11. The van der Waals surface area contributed by atoms with E-state index in [1.165, 1.54) is 5.57 Å². The van der Waals surface area contributed by atoms with Gasteiger partial charge in [0.05, 0.1) is 78.7 Å². The van der Waals surface area contributed by atoms with Gasteiger partial charge in [-0.15, -0.1) is 0 Å². The summed E-state index contributed by atoms with van der Waals surface area (Å²) in [4.78, 5) is 4.39. The second-order valence-electron chi connectivity index (χ2n) is 14.2. The van der Waals surface area contributed by atoms with Crippen LogP contribution < -0.4 is 40.4 Å². The van der Waals surface area contributed by atoms with Crippen LogP contribution in [0.15, 0.2) is 16.6 Å². The van der Waals surface area contributed by atoms with Crippen molar-refractivity contribution in [3.05, 3.63) is 11.6 Å². The van der Waals surface area contributed by atoms with Crippen molar-refractivity contribution in [3.8, 4) is 0 Å². The van der Waals surface area contributed by atoms with Gasteiger partial charge in [0.2, 0.25) is 0 Å². The molecule has 12 nitrogen and oxygen atoms in total. The zero-order valence-corrected chi connectivity index (χ0v) is 32.6. The molecule has 0 bridgehead atoms. The molecule has 4 aliphatic rings. The molecule has 0 radical (unpaired) electrons. The normalized spacial score (nSPS) is 32.5. The van der Waals surface area contributed by atoms with Crippen molar-refractivity contribution in [1.29, 1.82) is 0 Å². The summed E-state index contributed by atoms with van der Waals surface area (Å²) in [5.41, 5.74) is 6.79. The molecule has 3 saturated carbocycles. The summed E-state index contributed by atoms with van der Waals surface area (Å²) in [6, 6.07) is 0. The minimum atomic E-state index is -4.45. The van der Waals surface area contributed by atoms with Gasteiger partial charge in [-0.3, -0.25) is 4.55 Å². The fourth-order valence-corrected chi connectivity index (χ4v) is 9.85. The van der Waals surface area contributed by atoms with E-state index in [4.69, 9.17) is 33.6 Å². The third kappa shape index (κ3) is 11.4. The van der Waals surface area contributed by atoms with Gasteiger partial charge in [-0.25, -0.2) is 4.18 Å². The molecule has 0 aliphatic heterocycles. The van der Waals surface area contributed by atoms with Crippen LogP contribution in [-0.2, 0) is 38.3 Å². The zero-order valence-electron chi connectivity index (χ0n) is 29.7. The molecule has 272 valence electrons. The minimum absolute atomic E-state index is 0. The maximum atomic E-state index is 13.2. The van der Waals surface area contributed by atoms with Gasteiger partial charge in [0.15, 0.2) is 0 Å². The van der Waals surface area contributed by atoms with Crippen LogP contribution in [0.2, 0.25) is 0 Å². The van der Waals surface area contributed by atoms with Crippen molar-refractivity contribution >= 4 is 16.3 Å². The predicted octanol–water partition coefficient (Wildman–Crippen LogP) is 0.194. The first-order valence-corrected chi connectivity index (χ1v) is 19.0. The van der Waals surface area contributed by atoms with E-state index in [2.05, 4.69) is 31.8 Å². The SMILES string of the molecule is C[C@H](C([O-])=NCCOCCOCCOCCOCCOCCN)[C@H]1CC[C@H]2[C@@H]3CC=C4C[C@@H](OS(=O)(=O)O)CC[C@]4(C)[C@H]3CC[C@]12C.[Na+]. The molecule has 4 aliphatic carbocycles. The molecule has 14 heteroatoms. The van der Waals surface area contributed by atoms with E-state index in [-0.39, 0.29) is 52.2 Å². The van der Waals surface area contributed by atoms with E-state index < -0.39 is 16.5 Å². The summed E-state index contributed by atoms with van der Waals surface area (Å²) in [5, 5.41) is 13.2. The van der Waals surface area contributed by atoms with Crippen LogP contribution in [0.4, 0.5) is 0 Å². The molecule has 0 spiro atoms. The summed E-state index contributed by atoms with van der Waals surface area (Å²) in [6.45, 7) is 12.6. The molecule has 0 amide bonds. The molecule has 0 aromatic rings. The van der Waals surface area contributed by atoms with Gasteiger partial charge in [-0.05, 0) is 97.7 Å². The number of fused-ring (bicyclic) bond motifs is 5. The van der Waals surface area contributed by atoms with E-state index in [1.54, 1.807) is 0 Å². The quantitative estimate of drug-likeness (QED) is 0.0417. The van der Waals surface area contributed by atoms with E-state index in [9.17, 15) is 18.1 Å². The number of ether oxygens (including phenoxy) is 5. The Hall–Kier alpha value is -0.160. The Bertz CT molecular complexity index is 1140. The number of nitrogens with zero attached hydrogens (tertiary/aromatic N) is 1. The number of allylic oxidation sites excluding steroid dienone is 1. The van der Waals surface area contributed by atoms with Crippen molar-refractivity contribution in [2.45, 2.75) is 78.2 Å². The Morgan fingerprint density at radius 2 is 1.50 bits per heavy atom. The second kappa shape index (κ2) is 20.2. The molecule has 4 rings (SSSR count). The molecule has 8 atom stereocenters. The van der Waals surface area contributed by atoms with Crippen molar-refractivity contribution in [1.82, 2.24) is 0 Å². The maximum absolute atomic E-state index is 13.2. The summed E-state index contributed by atoms with van der Waals surface area (Å²) in [5.74, 6) is 1.87. The first-order chi connectivity index (χ1) is 22.5. The van der Waals surface area contributed by atoms with Crippen molar-refractivity contribution < 1.29 is 75.5 Å². The molecule has 0 aromatic carbocycles. The average molecular weight is 711 g/mol. The Labute approximate surface area is 310 Å². The van der Waals surface area contributed by atoms with E-state index in [1.807, 2.05) is 0 Å². The van der Waals surface area contributed by atoms with Crippen LogP contribution in [-0.4, -0.2) is 104 Å². The third-order valence-corrected chi connectivity index (χ3v) is 12.2. The molecule has 3 N–H and O–H groups in total. The smallest absolute Gasteiger partial charge is 0.862 e. The van der Waals surface area contributed by atoms with Gasteiger partial charge >= 0.3 is 40.0 Å². The first kappa shape index (κ1) is 42.3. The molecular formula is C34H59N2NaO10S. The number of aliphatic imine (C=N–C) groups is 1. The van der Waals surface area contributed by atoms with Gasteiger partial charge in [0.1, 0.15) is 0 Å². The van der Waals surface area contributed by atoms with Crippen molar-refractivity contribution in [2.24, 2.45) is 51.1 Å². The van der Waals surface area contributed by atoms with Crippen LogP contribution in [0.1, 0.15) is 72.1 Å². The molecule has 0 saturated heterocycles. The Balaban J connectivity index is 0.00000625. The first-order valence-electron chi connectivity index (χ1n) is 17.6. The van der Waals surface area contributed by atoms with Gasteiger partial charge in [0, 0.05) is 6.54 Å². The van der Waals surface area contributed by atoms with Crippen molar-refractivity contribution in [3.63, 3.8) is 0 Å². The third-order valence-electron chi connectivity index (χ3n) is 11.6. The monoisotopic (exact) mass is 710 g/mol. The number of rotatable bonds is 21. The predicted molar refractivity (Wildman–Crippen MR) is 176 cm³/mol. The fourth-order valence-electron chi connectivity index (χ4n) is 9.35. The summed E-state index contributed by atoms with van der Waals surface area (Å²) in [7, 11) is -4.45.